The number of nitrogens with zero attached hydrogens (tertiary/aromatic N) is 2. The minimum Gasteiger partial charge on any atom is -0.478 e. The molecule has 0 atom stereocenters. The lowest BCUT2D eigenvalue weighted by molar-refractivity contribution is 0.102. The van der Waals surface area contributed by atoms with Gasteiger partial charge in [-0.15, -0.1) is 11.3 Å². The van der Waals surface area contributed by atoms with Crippen LogP contribution in [0.25, 0.3) is 0 Å². The lowest BCUT2D eigenvalue weighted by Gasteiger charge is -2.03. The van der Waals surface area contributed by atoms with E-state index in [1.165, 1.54) is 30.4 Å². The maximum atomic E-state index is 12.1. The maximum Gasteiger partial charge on any atom is 0.259 e. The standard InChI is InChI=1S/C14H15N3O2S/c1-2-19-12-6-5-10(7-15-12)13(18)17-14-16-11(8-20-14)9-3-4-9/h5-9H,2-4H2,1H3,(H,16,17,18). The highest BCUT2D eigenvalue weighted by atomic mass is 32.1. The minimum absolute atomic E-state index is 0.197. The number of aromatic nitrogens is 2. The van der Waals surface area contributed by atoms with E-state index in [1.54, 1.807) is 12.1 Å². The summed E-state index contributed by atoms with van der Waals surface area (Å²) in [5.41, 5.74) is 1.59. The summed E-state index contributed by atoms with van der Waals surface area (Å²) < 4.78 is 5.24. The molecule has 0 spiro atoms. The molecule has 1 saturated carbocycles. The summed E-state index contributed by atoms with van der Waals surface area (Å²) in [4.78, 5) is 20.6. The Hall–Kier alpha value is -1.95. The van der Waals surface area contributed by atoms with Crippen LogP contribution in [0.1, 0.15) is 41.7 Å². The van der Waals surface area contributed by atoms with Gasteiger partial charge in [0.1, 0.15) is 0 Å². The van der Waals surface area contributed by atoms with E-state index < -0.39 is 0 Å². The van der Waals surface area contributed by atoms with E-state index in [-0.39, 0.29) is 5.91 Å². The molecule has 6 heteroatoms. The normalized spacial score (nSPS) is 14.1. The number of carbonyl (C=O) groups excluding carboxylic acids is 1. The topological polar surface area (TPSA) is 64.1 Å². The monoisotopic (exact) mass is 289 g/mol. The lowest BCUT2D eigenvalue weighted by Crippen LogP contribution is -2.12. The van der Waals surface area contributed by atoms with E-state index in [2.05, 4.69) is 15.3 Å². The van der Waals surface area contributed by atoms with Crippen molar-refractivity contribution in [3.63, 3.8) is 0 Å². The van der Waals surface area contributed by atoms with Gasteiger partial charge < -0.3 is 4.74 Å². The van der Waals surface area contributed by atoms with E-state index in [0.717, 1.165) is 5.69 Å². The van der Waals surface area contributed by atoms with Crippen molar-refractivity contribution >= 4 is 22.4 Å². The Bertz CT molecular complexity index is 605. The van der Waals surface area contributed by atoms with Crippen LogP contribution in [0.15, 0.2) is 23.7 Å². The first-order valence-corrected chi connectivity index (χ1v) is 7.50. The van der Waals surface area contributed by atoms with Gasteiger partial charge in [0.2, 0.25) is 5.88 Å². The number of rotatable bonds is 5. The largest absolute Gasteiger partial charge is 0.478 e. The fourth-order valence-electron chi connectivity index (χ4n) is 1.83. The molecule has 1 fully saturated rings. The number of pyridine rings is 1. The lowest BCUT2D eigenvalue weighted by atomic mass is 10.3. The summed E-state index contributed by atoms with van der Waals surface area (Å²) in [7, 11) is 0. The van der Waals surface area contributed by atoms with Crippen LogP contribution in [0.4, 0.5) is 5.13 Å². The molecule has 0 aliphatic heterocycles. The van der Waals surface area contributed by atoms with Crippen LogP contribution >= 0.6 is 11.3 Å². The number of hydrogen-bond donors (Lipinski definition) is 1. The first-order chi connectivity index (χ1) is 9.76. The van der Waals surface area contributed by atoms with Gasteiger partial charge in [-0.1, -0.05) is 0 Å². The number of hydrogen-bond acceptors (Lipinski definition) is 5. The second-order valence-electron chi connectivity index (χ2n) is 4.62. The second kappa shape index (κ2) is 5.58. The van der Waals surface area contributed by atoms with E-state index in [9.17, 15) is 4.79 Å². The van der Waals surface area contributed by atoms with Crippen molar-refractivity contribution < 1.29 is 9.53 Å². The van der Waals surface area contributed by atoms with Gasteiger partial charge in [0.25, 0.3) is 5.91 Å². The van der Waals surface area contributed by atoms with Crippen LogP contribution < -0.4 is 10.1 Å². The molecule has 5 nitrogen and oxygen atoms in total. The third kappa shape index (κ3) is 2.96. The number of anilines is 1. The molecule has 0 saturated heterocycles. The van der Waals surface area contributed by atoms with Gasteiger partial charge in [-0.3, -0.25) is 10.1 Å². The molecule has 0 unspecified atom stereocenters. The minimum atomic E-state index is -0.197. The molecule has 1 N–H and O–H groups in total. The van der Waals surface area contributed by atoms with Gasteiger partial charge in [0.15, 0.2) is 5.13 Å². The Balaban J connectivity index is 1.65. The number of carbonyl (C=O) groups is 1. The fraction of sp³-hybridized carbons (Fsp3) is 0.357. The second-order valence-corrected chi connectivity index (χ2v) is 5.48. The molecular weight excluding hydrogens is 274 g/mol. The summed E-state index contributed by atoms with van der Waals surface area (Å²) >= 11 is 1.46. The van der Waals surface area contributed by atoms with Crippen molar-refractivity contribution in [3.05, 3.63) is 35.0 Å². The summed E-state index contributed by atoms with van der Waals surface area (Å²) in [6.07, 6.45) is 3.93. The van der Waals surface area contributed by atoms with Crippen molar-refractivity contribution in [2.45, 2.75) is 25.7 Å². The first-order valence-electron chi connectivity index (χ1n) is 6.62. The van der Waals surface area contributed by atoms with Gasteiger partial charge >= 0.3 is 0 Å². The molecule has 1 aliphatic rings. The zero-order valence-corrected chi connectivity index (χ0v) is 11.9. The van der Waals surface area contributed by atoms with Crippen LogP contribution in [0.3, 0.4) is 0 Å². The molecule has 104 valence electrons. The third-order valence-electron chi connectivity index (χ3n) is 3.03. The molecule has 2 heterocycles. The molecule has 0 aromatic carbocycles. The Morgan fingerprint density at radius 2 is 2.35 bits per heavy atom. The van der Waals surface area contributed by atoms with Gasteiger partial charge in [-0.2, -0.15) is 0 Å². The smallest absolute Gasteiger partial charge is 0.259 e. The highest BCUT2D eigenvalue weighted by Gasteiger charge is 2.26. The molecule has 2 aromatic heterocycles. The molecule has 20 heavy (non-hydrogen) atoms. The van der Waals surface area contributed by atoms with Crippen molar-refractivity contribution in [1.29, 1.82) is 0 Å². The van der Waals surface area contributed by atoms with Gasteiger partial charge in [-0.25, -0.2) is 9.97 Å². The quantitative estimate of drug-likeness (QED) is 0.918. The van der Waals surface area contributed by atoms with Gasteiger partial charge in [-0.05, 0) is 25.8 Å². The molecule has 0 radical (unpaired) electrons. The van der Waals surface area contributed by atoms with E-state index in [0.29, 0.717) is 29.1 Å². The van der Waals surface area contributed by atoms with Crippen molar-refractivity contribution in [3.8, 4) is 5.88 Å². The number of thiazole rings is 1. The number of nitrogens with one attached hydrogen (secondary N) is 1. The predicted molar refractivity (Wildman–Crippen MR) is 77.4 cm³/mol. The third-order valence-corrected chi connectivity index (χ3v) is 3.80. The highest BCUT2D eigenvalue weighted by molar-refractivity contribution is 7.14. The van der Waals surface area contributed by atoms with Crippen molar-refractivity contribution in [2.24, 2.45) is 0 Å². The van der Waals surface area contributed by atoms with Crippen LogP contribution in [-0.2, 0) is 0 Å². The highest BCUT2D eigenvalue weighted by Crippen LogP contribution is 2.40. The fourth-order valence-corrected chi connectivity index (χ4v) is 2.61. The van der Waals surface area contributed by atoms with Crippen LogP contribution in [-0.4, -0.2) is 22.5 Å². The van der Waals surface area contributed by atoms with Crippen LogP contribution in [0, 0.1) is 0 Å². The van der Waals surface area contributed by atoms with Gasteiger partial charge in [0, 0.05) is 23.6 Å². The zero-order valence-electron chi connectivity index (χ0n) is 11.1. The van der Waals surface area contributed by atoms with E-state index in [1.807, 2.05) is 12.3 Å². The predicted octanol–water partition coefficient (Wildman–Crippen LogP) is 3.07. The van der Waals surface area contributed by atoms with E-state index >= 15 is 0 Å². The van der Waals surface area contributed by atoms with Gasteiger partial charge in [0.05, 0.1) is 17.9 Å². The van der Waals surface area contributed by atoms with Crippen molar-refractivity contribution in [1.82, 2.24) is 9.97 Å². The molecular formula is C14H15N3O2S. The number of ether oxygens (including phenoxy) is 1. The summed E-state index contributed by atoms with van der Waals surface area (Å²) in [6, 6.07) is 3.39. The zero-order chi connectivity index (χ0) is 13.9. The Morgan fingerprint density at radius 3 is 3.00 bits per heavy atom. The Labute approximate surface area is 121 Å². The summed E-state index contributed by atoms with van der Waals surface area (Å²) in [6.45, 7) is 2.45. The molecule has 1 aliphatic carbocycles. The van der Waals surface area contributed by atoms with E-state index in [4.69, 9.17) is 4.74 Å². The average Bonchev–Trinajstić information content (AvgIpc) is 3.21. The SMILES string of the molecule is CCOc1ccc(C(=O)Nc2nc(C3CC3)cs2)cn1. The Morgan fingerprint density at radius 1 is 1.50 bits per heavy atom. The molecule has 2 aromatic rings. The van der Waals surface area contributed by atoms with Crippen molar-refractivity contribution in [2.75, 3.05) is 11.9 Å². The maximum absolute atomic E-state index is 12.1. The Kier molecular flexibility index (Phi) is 3.64. The average molecular weight is 289 g/mol. The van der Waals surface area contributed by atoms with Crippen LogP contribution in [0.2, 0.25) is 0 Å². The first kappa shape index (κ1) is 13.1. The summed E-state index contributed by atoms with van der Waals surface area (Å²) in [5.74, 6) is 0.926. The molecule has 3 rings (SSSR count). The molecule has 0 bridgehead atoms. The van der Waals surface area contributed by atoms with Crippen LogP contribution in [0.5, 0.6) is 5.88 Å². The number of amides is 1. The molecule has 1 amide bonds. The summed E-state index contributed by atoms with van der Waals surface area (Å²) in [5, 5.41) is 5.46.